The fourth-order valence-corrected chi connectivity index (χ4v) is 3.21. The third-order valence-corrected chi connectivity index (χ3v) is 4.63. The molecule has 0 bridgehead atoms. The van der Waals surface area contributed by atoms with Gasteiger partial charge in [0.15, 0.2) is 5.13 Å². The zero-order valence-electron chi connectivity index (χ0n) is 14.8. The molecular formula is C20H20N4O2S. The molecule has 3 rings (SSSR count). The van der Waals surface area contributed by atoms with Crippen LogP contribution in [0.5, 0.6) is 0 Å². The molecule has 0 aliphatic heterocycles. The number of benzene rings is 2. The first-order valence-corrected chi connectivity index (χ1v) is 9.40. The predicted octanol–water partition coefficient (Wildman–Crippen LogP) is 4.21. The number of carbonyl (C=O) groups is 2. The van der Waals surface area contributed by atoms with Crippen molar-refractivity contribution < 1.29 is 9.59 Å². The Morgan fingerprint density at radius 1 is 1.00 bits per heavy atom. The van der Waals surface area contributed by atoms with Crippen LogP contribution in [0.15, 0.2) is 66.0 Å². The minimum Gasteiger partial charge on any atom is -0.349 e. The first-order chi connectivity index (χ1) is 13.1. The molecule has 3 N–H and O–H groups in total. The Balaban J connectivity index is 1.50. The summed E-state index contributed by atoms with van der Waals surface area (Å²) in [6, 6.07) is 18.5. The van der Waals surface area contributed by atoms with E-state index in [1.807, 2.05) is 55.5 Å². The van der Waals surface area contributed by atoms with Gasteiger partial charge in [-0.1, -0.05) is 48.5 Å². The zero-order chi connectivity index (χ0) is 19.1. The number of thiazole rings is 1. The van der Waals surface area contributed by atoms with Crippen LogP contribution in [-0.4, -0.2) is 16.9 Å². The lowest BCUT2D eigenvalue weighted by Crippen LogP contribution is -2.28. The van der Waals surface area contributed by atoms with E-state index in [0.717, 1.165) is 5.56 Å². The van der Waals surface area contributed by atoms with E-state index in [0.29, 0.717) is 16.5 Å². The van der Waals surface area contributed by atoms with Crippen molar-refractivity contribution in [1.82, 2.24) is 10.3 Å². The number of anilines is 2. The Bertz CT molecular complexity index is 897. The van der Waals surface area contributed by atoms with Crippen molar-refractivity contribution in [2.75, 3.05) is 10.6 Å². The van der Waals surface area contributed by atoms with Crippen LogP contribution in [0.1, 0.15) is 24.2 Å². The molecule has 1 heterocycles. The minimum atomic E-state index is -0.371. The van der Waals surface area contributed by atoms with Gasteiger partial charge < -0.3 is 10.6 Å². The molecule has 0 saturated heterocycles. The van der Waals surface area contributed by atoms with E-state index in [4.69, 9.17) is 0 Å². The van der Waals surface area contributed by atoms with E-state index < -0.39 is 0 Å². The van der Waals surface area contributed by atoms with Gasteiger partial charge in [0.1, 0.15) is 0 Å². The number of nitrogens with zero attached hydrogens (tertiary/aromatic N) is 1. The highest BCUT2D eigenvalue weighted by Gasteiger charge is 2.13. The van der Waals surface area contributed by atoms with Gasteiger partial charge in [-0.15, -0.1) is 11.3 Å². The molecule has 2 aromatic carbocycles. The summed E-state index contributed by atoms with van der Waals surface area (Å²) in [5.41, 5.74) is 2.36. The molecule has 138 valence electrons. The highest BCUT2D eigenvalue weighted by atomic mass is 32.1. The Hall–Kier alpha value is -3.19. The second kappa shape index (κ2) is 8.95. The van der Waals surface area contributed by atoms with Gasteiger partial charge in [0, 0.05) is 11.1 Å². The van der Waals surface area contributed by atoms with Crippen LogP contribution in [0.4, 0.5) is 15.6 Å². The molecule has 0 aliphatic rings. The number of nitrogens with one attached hydrogen (secondary N) is 3. The number of carbonyl (C=O) groups excluding carboxylic acids is 2. The Morgan fingerprint density at radius 3 is 2.37 bits per heavy atom. The molecule has 0 unspecified atom stereocenters. The van der Waals surface area contributed by atoms with Gasteiger partial charge in [-0.05, 0) is 24.6 Å². The van der Waals surface area contributed by atoms with Crippen LogP contribution in [0, 0.1) is 0 Å². The molecule has 0 aliphatic carbocycles. The van der Waals surface area contributed by atoms with Crippen LogP contribution in [0.3, 0.4) is 0 Å². The lowest BCUT2D eigenvalue weighted by Gasteiger charge is -2.13. The van der Waals surface area contributed by atoms with E-state index >= 15 is 0 Å². The van der Waals surface area contributed by atoms with E-state index in [1.165, 1.54) is 11.3 Å². The number of hydrogen-bond acceptors (Lipinski definition) is 4. The van der Waals surface area contributed by atoms with Crippen molar-refractivity contribution in [1.29, 1.82) is 0 Å². The van der Waals surface area contributed by atoms with Crippen molar-refractivity contribution >= 4 is 34.1 Å². The summed E-state index contributed by atoms with van der Waals surface area (Å²) < 4.78 is 0. The molecule has 6 nitrogen and oxygen atoms in total. The topological polar surface area (TPSA) is 83.1 Å². The summed E-state index contributed by atoms with van der Waals surface area (Å²) in [5, 5.41) is 10.6. The van der Waals surface area contributed by atoms with Crippen molar-refractivity contribution in [3.05, 3.63) is 77.3 Å². The first kappa shape index (κ1) is 18.6. The lowest BCUT2D eigenvalue weighted by atomic mass is 10.1. The number of amides is 3. The average molecular weight is 380 g/mol. The Morgan fingerprint density at radius 2 is 1.67 bits per heavy atom. The highest BCUT2D eigenvalue weighted by Crippen LogP contribution is 2.17. The maximum atomic E-state index is 12.2. The normalized spacial score (nSPS) is 11.4. The van der Waals surface area contributed by atoms with Crippen LogP contribution < -0.4 is 16.0 Å². The number of para-hydroxylation sites is 1. The number of rotatable bonds is 6. The Kier molecular flexibility index (Phi) is 6.17. The number of hydrogen-bond donors (Lipinski definition) is 3. The number of urea groups is 1. The SMILES string of the molecule is C[C@@H](NC(=O)Cc1csc(NC(=O)Nc2ccccc2)n1)c1ccccc1. The molecule has 1 atom stereocenters. The molecule has 0 saturated carbocycles. The van der Waals surface area contributed by atoms with Crippen molar-refractivity contribution in [2.45, 2.75) is 19.4 Å². The average Bonchev–Trinajstić information content (AvgIpc) is 3.09. The molecular weight excluding hydrogens is 360 g/mol. The predicted molar refractivity (Wildman–Crippen MR) is 108 cm³/mol. The molecule has 0 spiro atoms. The summed E-state index contributed by atoms with van der Waals surface area (Å²) in [7, 11) is 0. The summed E-state index contributed by atoms with van der Waals surface area (Å²) in [4.78, 5) is 28.5. The first-order valence-electron chi connectivity index (χ1n) is 8.52. The quantitative estimate of drug-likeness (QED) is 0.599. The molecule has 7 heteroatoms. The third-order valence-electron chi connectivity index (χ3n) is 3.82. The van der Waals surface area contributed by atoms with E-state index in [9.17, 15) is 9.59 Å². The molecule has 3 aromatic rings. The highest BCUT2D eigenvalue weighted by molar-refractivity contribution is 7.14. The summed E-state index contributed by atoms with van der Waals surface area (Å²) in [5.74, 6) is -0.114. The van der Waals surface area contributed by atoms with Gasteiger partial charge in [0.05, 0.1) is 18.2 Å². The monoisotopic (exact) mass is 380 g/mol. The van der Waals surface area contributed by atoms with Gasteiger partial charge in [-0.25, -0.2) is 9.78 Å². The van der Waals surface area contributed by atoms with Crippen LogP contribution in [0.2, 0.25) is 0 Å². The zero-order valence-corrected chi connectivity index (χ0v) is 15.6. The standard InChI is InChI=1S/C20H20N4O2S/c1-14(15-8-4-2-5-9-15)21-18(25)12-17-13-27-20(23-17)24-19(26)22-16-10-6-3-7-11-16/h2-11,13-14H,12H2,1H3,(H,21,25)(H2,22,23,24,26)/t14-/m1/s1. The summed E-state index contributed by atoms with van der Waals surface area (Å²) in [6.45, 7) is 1.94. The third kappa shape index (κ3) is 5.65. The van der Waals surface area contributed by atoms with E-state index in [2.05, 4.69) is 20.9 Å². The van der Waals surface area contributed by atoms with Crippen molar-refractivity contribution in [3.8, 4) is 0 Å². The smallest absolute Gasteiger partial charge is 0.325 e. The van der Waals surface area contributed by atoms with Gasteiger partial charge in [-0.3, -0.25) is 10.1 Å². The molecule has 3 amide bonds. The van der Waals surface area contributed by atoms with Crippen molar-refractivity contribution in [2.24, 2.45) is 0 Å². The summed E-state index contributed by atoms with van der Waals surface area (Å²) >= 11 is 1.28. The van der Waals surface area contributed by atoms with Crippen LogP contribution >= 0.6 is 11.3 Å². The second-order valence-electron chi connectivity index (χ2n) is 5.97. The lowest BCUT2D eigenvalue weighted by molar-refractivity contribution is -0.121. The van der Waals surface area contributed by atoms with Gasteiger partial charge >= 0.3 is 6.03 Å². The van der Waals surface area contributed by atoms with E-state index in [1.54, 1.807) is 17.5 Å². The maximum absolute atomic E-state index is 12.2. The molecule has 0 fully saturated rings. The minimum absolute atomic E-state index is 0.0772. The van der Waals surface area contributed by atoms with Gasteiger partial charge in [0.2, 0.25) is 5.91 Å². The van der Waals surface area contributed by atoms with Crippen LogP contribution in [0.25, 0.3) is 0 Å². The summed E-state index contributed by atoms with van der Waals surface area (Å²) in [6.07, 6.45) is 0.162. The molecule has 1 aromatic heterocycles. The van der Waals surface area contributed by atoms with E-state index in [-0.39, 0.29) is 24.4 Å². The second-order valence-corrected chi connectivity index (χ2v) is 6.82. The molecule has 0 radical (unpaired) electrons. The maximum Gasteiger partial charge on any atom is 0.325 e. The fourth-order valence-electron chi connectivity index (χ4n) is 2.51. The largest absolute Gasteiger partial charge is 0.349 e. The fraction of sp³-hybridized carbons (Fsp3) is 0.150. The van der Waals surface area contributed by atoms with Gasteiger partial charge in [-0.2, -0.15) is 0 Å². The van der Waals surface area contributed by atoms with Crippen molar-refractivity contribution in [3.63, 3.8) is 0 Å². The molecule has 27 heavy (non-hydrogen) atoms. The number of aromatic nitrogens is 1. The van der Waals surface area contributed by atoms with Crippen LogP contribution in [-0.2, 0) is 11.2 Å². The Labute approximate surface area is 161 Å². The van der Waals surface area contributed by atoms with Gasteiger partial charge in [0.25, 0.3) is 0 Å².